The number of hydrogen-bond acceptors (Lipinski definition) is 7. The molecule has 0 aliphatic carbocycles. The van der Waals surface area contributed by atoms with Gasteiger partial charge in [-0.1, -0.05) is 36.9 Å². The van der Waals surface area contributed by atoms with Gasteiger partial charge < -0.3 is 20.7 Å². The molecular formula is C27H24N4O4. The number of carbonyl (C=O) groups excluding carboxylic acids is 1. The van der Waals surface area contributed by atoms with E-state index in [4.69, 9.17) is 4.74 Å². The highest BCUT2D eigenvalue weighted by Gasteiger charge is 2.23. The number of carbonyl (C=O) groups is 1. The number of amides is 1. The number of nitrogens with one attached hydrogen (secondary N) is 3. The zero-order chi connectivity index (χ0) is 24.9. The molecule has 0 saturated carbocycles. The van der Waals surface area contributed by atoms with E-state index in [1.807, 2.05) is 37.3 Å². The maximum Gasteiger partial charge on any atom is 0.253 e. The van der Waals surface area contributed by atoms with Crippen LogP contribution in [-0.2, 0) is 4.79 Å². The van der Waals surface area contributed by atoms with Crippen molar-refractivity contribution in [1.29, 1.82) is 0 Å². The van der Waals surface area contributed by atoms with Crippen LogP contribution in [0.2, 0.25) is 0 Å². The van der Waals surface area contributed by atoms with Crippen molar-refractivity contribution in [2.24, 2.45) is 0 Å². The van der Waals surface area contributed by atoms with Crippen LogP contribution in [0.15, 0.2) is 89.1 Å². The molecule has 8 nitrogen and oxygen atoms in total. The molecule has 0 radical (unpaired) electrons. The summed E-state index contributed by atoms with van der Waals surface area (Å²) < 4.78 is 5.31. The first kappa shape index (κ1) is 23.4. The summed E-state index contributed by atoms with van der Waals surface area (Å²) in [6.45, 7) is 5.39. The van der Waals surface area contributed by atoms with E-state index in [0.717, 1.165) is 11.1 Å². The van der Waals surface area contributed by atoms with Crippen molar-refractivity contribution in [3.05, 3.63) is 106 Å². The fourth-order valence-corrected chi connectivity index (χ4v) is 3.65. The molecule has 0 spiro atoms. The summed E-state index contributed by atoms with van der Waals surface area (Å²) in [5.41, 5.74) is 2.70. The highest BCUT2D eigenvalue weighted by molar-refractivity contribution is 6.00. The molecule has 0 unspecified atom stereocenters. The summed E-state index contributed by atoms with van der Waals surface area (Å²) in [6.07, 6.45) is 2.76. The minimum absolute atomic E-state index is 0.156. The molecule has 4 aromatic rings. The van der Waals surface area contributed by atoms with E-state index < -0.39 is 10.9 Å². The standard InChI is InChI=1S/C27H24N4O4/c1-4-23(32)31-21-14-18(10-11-22(21)35-3)20-15-19(12-13-28-20)30-25-24(26(33)27(25)34)29-16(2)17-8-6-5-7-9-17/h4-16,29H,1H2,2-3H3,(H,28,30)(H,31,32)/t16-/m1/s1. The van der Waals surface area contributed by atoms with Crippen molar-refractivity contribution < 1.29 is 9.53 Å². The third kappa shape index (κ3) is 4.96. The lowest BCUT2D eigenvalue weighted by Crippen LogP contribution is -2.37. The van der Waals surface area contributed by atoms with Crippen LogP contribution in [0.5, 0.6) is 5.75 Å². The lowest BCUT2D eigenvalue weighted by Gasteiger charge is -2.20. The number of pyridine rings is 1. The fourth-order valence-electron chi connectivity index (χ4n) is 3.65. The Hall–Kier alpha value is -4.72. The van der Waals surface area contributed by atoms with Gasteiger partial charge in [-0.2, -0.15) is 0 Å². The number of benzene rings is 2. The van der Waals surface area contributed by atoms with Gasteiger partial charge in [0.05, 0.1) is 18.5 Å². The Morgan fingerprint density at radius 3 is 2.49 bits per heavy atom. The zero-order valence-corrected chi connectivity index (χ0v) is 19.3. The molecule has 0 fully saturated rings. The minimum atomic E-state index is -0.579. The van der Waals surface area contributed by atoms with Crippen molar-refractivity contribution in [1.82, 2.24) is 4.98 Å². The van der Waals surface area contributed by atoms with Crippen molar-refractivity contribution in [3.8, 4) is 17.0 Å². The zero-order valence-electron chi connectivity index (χ0n) is 19.3. The molecule has 176 valence electrons. The Kier molecular flexibility index (Phi) is 6.73. The van der Waals surface area contributed by atoms with E-state index in [0.29, 0.717) is 22.8 Å². The van der Waals surface area contributed by atoms with Crippen molar-refractivity contribution in [2.75, 3.05) is 23.1 Å². The van der Waals surface area contributed by atoms with Crippen molar-refractivity contribution >= 4 is 28.7 Å². The molecule has 8 heteroatoms. The maximum atomic E-state index is 12.3. The van der Waals surface area contributed by atoms with Crippen LogP contribution >= 0.6 is 0 Å². The Labute approximate surface area is 202 Å². The third-order valence-corrected chi connectivity index (χ3v) is 5.54. The topological polar surface area (TPSA) is 109 Å². The number of ether oxygens (including phenoxy) is 1. The first-order valence-corrected chi connectivity index (χ1v) is 10.9. The Bertz CT molecular complexity index is 1460. The average molecular weight is 469 g/mol. The molecule has 3 aromatic carbocycles. The molecule has 1 atom stereocenters. The van der Waals surface area contributed by atoms with Crippen LogP contribution in [0.1, 0.15) is 18.5 Å². The first-order chi connectivity index (χ1) is 16.9. The summed E-state index contributed by atoms with van der Waals surface area (Å²) in [4.78, 5) is 40.7. The van der Waals surface area contributed by atoms with Crippen LogP contribution in [-0.4, -0.2) is 18.0 Å². The lowest BCUT2D eigenvalue weighted by molar-refractivity contribution is -0.111. The van der Waals surface area contributed by atoms with E-state index >= 15 is 0 Å². The maximum absolute atomic E-state index is 12.3. The number of anilines is 4. The Morgan fingerprint density at radius 1 is 1.03 bits per heavy atom. The lowest BCUT2D eigenvalue weighted by atomic mass is 10.1. The molecule has 0 saturated heterocycles. The summed E-state index contributed by atoms with van der Waals surface area (Å²) >= 11 is 0. The molecular weight excluding hydrogens is 444 g/mol. The van der Waals surface area contributed by atoms with Gasteiger partial charge in [-0.25, -0.2) is 0 Å². The van der Waals surface area contributed by atoms with E-state index in [9.17, 15) is 14.4 Å². The SMILES string of the molecule is C=CC(=O)Nc1cc(-c2cc(Nc3c(N[C@H](C)c4ccccc4)c(=O)c3=O)ccn2)ccc1OC. The average Bonchev–Trinajstić information content (AvgIpc) is 2.90. The summed E-state index contributed by atoms with van der Waals surface area (Å²) in [6, 6.07) is 18.2. The molecule has 1 amide bonds. The van der Waals surface area contributed by atoms with Crippen LogP contribution < -0.4 is 31.5 Å². The van der Waals surface area contributed by atoms with Crippen molar-refractivity contribution in [3.63, 3.8) is 0 Å². The van der Waals surface area contributed by atoms with Gasteiger partial charge in [-0.05, 0) is 48.9 Å². The molecule has 1 heterocycles. The normalized spacial score (nSPS) is 11.5. The smallest absolute Gasteiger partial charge is 0.253 e. The Balaban J connectivity index is 1.59. The number of rotatable bonds is 9. The predicted octanol–water partition coefficient (Wildman–Crippen LogP) is 4.39. The van der Waals surface area contributed by atoms with Crippen LogP contribution in [0.4, 0.5) is 22.7 Å². The highest BCUT2D eigenvalue weighted by Crippen LogP contribution is 2.32. The van der Waals surface area contributed by atoms with Gasteiger partial charge >= 0.3 is 0 Å². The quantitative estimate of drug-likeness (QED) is 0.247. The van der Waals surface area contributed by atoms with Gasteiger partial charge in [0, 0.05) is 23.5 Å². The van der Waals surface area contributed by atoms with Gasteiger partial charge in [-0.15, -0.1) is 0 Å². The summed E-state index contributed by atoms with van der Waals surface area (Å²) in [7, 11) is 1.51. The molecule has 3 N–H and O–H groups in total. The van der Waals surface area contributed by atoms with E-state index in [1.54, 1.807) is 36.5 Å². The number of hydrogen-bond donors (Lipinski definition) is 3. The van der Waals surface area contributed by atoms with Crippen LogP contribution in [0.25, 0.3) is 11.3 Å². The van der Waals surface area contributed by atoms with Gasteiger partial charge in [0.1, 0.15) is 17.1 Å². The van der Waals surface area contributed by atoms with E-state index in [2.05, 4.69) is 27.5 Å². The van der Waals surface area contributed by atoms with Crippen LogP contribution in [0, 0.1) is 0 Å². The minimum Gasteiger partial charge on any atom is -0.495 e. The summed E-state index contributed by atoms with van der Waals surface area (Å²) in [5, 5.41) is 8.91. The number of aromatic nitrogens is 1. The second kappa shape index (κ2) is 10.0. The Morgan fingerprint density at radius 2 is 1.77 bits per heavy atom. The first-order valence-electron chi connectivity index (χ1n) is 10.9. The molecule has 0 aliphatic rings. The monoisotopic (exact) mass is 468 g/mol. The van der Waals surface area contributed by atoms with Gasteiger partial charge in [-0.3, -0.25) is 19.4 Å². The van der Waals surface area contributed by atoms with Crippen LogP contribution in [0.3, 0.4) is 0 Å². The number of methoxy groups -OCH3 is 1. The molecule has 1 aromatic heterocycles. The molecule has 35 heavy (non-hydrogen) atoms. The fraction of sp³-hybridized carbons (Fsp3) is 0.111. The summed E-state index contributed by atoms with van der Waals surface area (Å²) in [5.74, 6) is 0.124. The molecule has 4 rings (SSSR count). The van der Waals surface area contributed by atoms with E-state index in [-0.39, 0.29) is 23.3 Å². The van der Waals surface area contributed by atoms with Crippen molar-refractivity contribution in [2.45, 2.75) is 13.0 Å². The molecule has 0 bridgehead atoms. The number of nitrogens with zero attached hydrogens (tertiary/aromatic N) is 1. The van der Waals surface area contributed by atoms with E-state index in [1.165, 1.54) is 13.2 Å². The predicted molar refractivity (Wildman–Crippen MR) is 138 cm³/mol. The van der Waals surface area contributed by atoms with Gasteiger partial charge in [0.25, 0.3) is 10.9 Å². The largest absolute Gasteiger partial charge is 0.495 e. The second-order valence-electron chi connectivity index (χ2n) is 7.85. The van der Waals surface area contributed by atoms with Gasteiger partial charge in [0.2, 0.25) is 5.91 Å². The van der Waals surface area contributed by atoms with Gasteiger partial charge in [0.15, 0.2) is 0 Å². The highest BCUT2D eigenvalue weighted by atomic mass is 16.5. The molecule has 0 aliphatic heterocycles. The third-order valence-electron chi connectivity index (χ3n) is 5.54. The second-order valence-corrected chi connectivity index (χ2v) is 7.85.